The van der Waals surface area contributed by atoms with Crippen molar-refractivity contribution in [3.05, 3.63) is 78.6 Å². The maximum absolute atomic E-state index is 5.79. The first-order valence-electron chi connectivity index (χ1n) is 8.16. The maximum atomic E-state index is 5.79. The van der Waals surface area contributed by atoms with Crippen LogP contribution in [-0.2, 0) is 6.54 Å². The van der Waals surface area contributed by atoms with Crippen molar-refractivity contribution >= 4 is 17.2 Å². The molecular weight excluding hydrogens is 310 g/mol. The Bertz CT molecular complexity index is 990. The lowest BCUT2D eigenvalue weighted by Crippen LogP contribution is -2.19. The van der Waals surface area contributed by atoms with Crippen LogP contribution in [0.5, 0.6) is 0 Å². The number of nitrogens with two attached hydrogens (primary N) is 1. The van der Waals surface area contributed by atoms with E-state index in [1.165, 1.54) is 5.56 Å². The van der Waals surface area contributed by atoms with Gasteiger partial charge in [-0.15, -0.1) is 0 Å². The van der Waals surface area contributed by atoms with Crippen molar-refractivity contribution in [1.82, 2.24) is 14.6 Å². The van der Waals surface area contributed by atoms with Crippen LogP contribution in [0, 0.1) is 0 Å². The molecule has 0 aliphatic rings. The SMILES string of the molecule is CN(Cc1ccccc1)c1ccnc2c(-c3ccc(N)cc3)cnn12. The summed E-state index contributed by atoms with van der Waals surface area (Å²) >= 11 is 0. The van der Waals surface area contributed by atoms with Gasteiger partial charge in [-0.05, 0) is 29.3 Å². The average Bonchev–Trinajstić information content (AvgIpc) is 3.07. The molecule has 25 heavy (non-hydrogen) atoms. The van der Waals surface area contributed by atoms with Crippen molar-refractivity contribution in [2.75, 3.05) is 17.7 Å². The van der Waals surface area contributed by atoms with E-state index in [4.69, 9.17) is 5.73 Å². The fourth-order valence-corrected chi connectivity index (χ4v) is 2.97. The molecule has 0 saturated carbocycles. The minimum atomic E-state index is 0.747. The second-order valence-corrected chi connectivity index (χ2v) is 6.06. The Balaban J connectivity index is 1.72. The maximum Gasteiger partial charge on any atom is 0.165 e. The summed E-state index contributed by atoms with van der Waals surface area (Å²) in [6.07, 6.45) is 3.68. The number of benzene rings is 2. The van der Waals surface area contributed by atoms with Crippen LogP contribution < -0.4 is 10.6 Å². The van der Waals surface area contributed by atoms with Crippen molar-refractivity contribution in [3.63, 3.8) is 0 Å². The second kappa shape index (κ2) is 6.28. The zero-order valence-electron chi connectivity index (χ0n) is 14.0. The van der Waals surface area contributed by atoms with Crippen molar-refractivity contribution in [2.24, 2.45) is 0 Å². The number of hydrogen-bond donors (Lipinski definition) is 1. The van der Waals surface area contributed by atoms with Crippen molar-refractivity contribution in [2.45, 2.75) is 6.54 Å². The van der Waals surface area contributed by atoms with Crippen LogP contribution in [0.25, 0.3) is 16.8 Å². The summed E-state index contributed by atoms with van der Waals surface area (Å²) in [7, 11) is 2.06. The number of hydrogen-bond acceptors (Lipinski definition) is 4. The van der Waals surface area contributed by atoms with E-state index >= 15 is 0 Å². The monoisotopic (exact) mass is 329 g/mol. The standard InChI is InChI=1S/C20H19N5/c1-24(14-15-5-3-2-4-6-15)19-11-12-22-20-18(13-23-25(19)20)16-7-9-17(21)10-8-16/h2-13H,14,21H2,1H3. The Morgan fingerprint density at radius 3 is 2.52 bits per heavy atom. The van der Waals surface area contributed by atoms with Crippen LogP contribution in [0.3, 0.4) is 0 Å². The number of anilines is 2. The molecule has 2 N–H and O–H groups in total. The number of nitrogens with zero attached hydrogens (tertiary/aromatic N) is 4. The number of fused-ring (bicyclic) bond motifs is 1. The van der Waals surface area contributed by atoms with Crippen molar-refractivity contribution < 1.29 is 0 Å². The molecule has 4 aromatic rings. The molecule has 2 aromatic carbocycles. The van der Waals surface area contributed by atoms with E-state index in [0.717, 1.165) is 34.8 Å². The summed E-state index contributed by atoms with van der Waals surface area (Å²) in [6, 6.07) is 20.1. The lowest BCUT2D eigenvalue weighted by atomic mass is 10.1. The van der Waals surface area contributed by atoms with Crippen LogP contribution >= 0.6 is 0 Å². The summed E-state index contributed by atoms with van der Waals surface area (Å²) < 4.78 is 1.88. The summed E-state index contributed by atoms with van der Waals surface area (Å²) in [6.45, 7) is 0.803. The van der Waals surface area contributed by atoms with Gasteiger partial charge in [0, 0.05) is 31.0 Å². The minimum Gasteiger partial charge on any atom is -0.399 e. The van der Waals surface area contributed by atoms with E-state index < -0.39 is 0 Å². The van der Waals surface area contributed by atoms with Crippen molar-refractivity contribution in [1.29, 1.82) is 0 Å². The Labute approximate surface area is 146 Å². The Kier molecular flexibility index (Phi) is 3.82. The van der Waals surface area contributed by atoms with Gasteiger partial charge in [-0.25, -0.2) is 4.98 Å². The molecule has 0 radical (unpaired) electrons. The van der Waals surface area contributed by atoms with E-state index in [2.05, 4.69) is 46.3 Å². The molecule has 0 bridgehead atoms. The van der Waals surface area contributed by atoms with Gasteiger partial charge in [0.05, 0.1) is 6.20 Å². The molecule has 0 unspecified atom stereocenters. The van der Waals surface area contributed by atoms with Gasteiger partial charge in [0.25, 0.3) is 0 Å². The topological polar surface area (TPSA) is 59.5 Å². The summed E-state index contributed by atoms with van der Waals surface area (Å²) in [5.41, 5.74) is 10.7. The molecule has 0 saturated heterocycles. The molecule has 4 rings (SSSR count). The third kappa shape index (κ3) is 2.92. The molecule has 2 heterocycles. The number of rotatable bonds is 4. The average molecular weight is 329 g/mol. The number of aromatic nitrogens is 3. The van der Waals surface area contributed by atoms with Crippen LogP contribution in [0.4, 0.5) is 11.5 Å². The Hall–Kier alpha value is -3.34. The molecule has 0 amide bonds. The third-order valence-corrected chi connectivity index (χ3v) is 4.26. The van der Waals surface area contributed by atoms with Crippen LogP contribution in [-0.4, -0.2) is 21.6 Å². The molecule has 0 spiro atoms. The second-order valence-electron chi connectivity index (χ2n) is 6.06. The first kappa shape index (κ1) is 15.2. The fourth-order valence-electron chi connectivity index (χ4n) is 2.97. The van der Waals surface area contributed by atoms with Crippen molar-refractivity contribution in [3.8, 4) is 11.1 Å². The fraction of sp³-hybridized carbons (Fsp3) is 0.100. The Morgan fingerprint density at radius 1 is 1.00 bits per heavy atom. The Morgan fingerprint density at radius 2 is 1.76 bits per heavy atom. The molecule has 5 nitrogen and oxygen atoms in total. The van der Waals surface area contributed by atoms with Gasteiger partial charge in [0.15, 0.2) is 5.65 Å². The molecule has 0 fully saturated rings. The van der Waals surface area contributed by atoms with Crippen LogP contribution in [0.1, 0.15) is 5.56 Å². The quantitative estimate of drug-likeness (QED) is 0.581. The highest BCUT2D eigenvalue weighted by Crippen LogP contribution is 2.26. The van der Waals surface area contributed by atoms with E-state index in [1.54, 1.807) is 0 Å². The van der Waals surface area contributed by atoms with Gasteiger partial charge in [-0.2, -0.15) is 9.61 Å². The summed E-state index contributed by atoms with van der Waals surface area (Å²) in [5, 5.41) is 4.56. The van der Waals surface area contributed by atoms with Gasteiger partial charge in [-0.1, -0.05) is 42.5 Å². The van der Waals surface area contributed by atoms with Crippen LogP contribution in [0.15, 0.2) is 73.1 Å². The molecule has 2 aromatic heterocycles. The summed E-state index contributed by atoms with van der Waals surface area (Å²) in [4.78, 5) is 6.70. The van der Waals surface area contributed by atoms with Gasteiger partial charge in [0.1, 0.15) is 5.82 Å². The number of nitrogen functional groups attached to an aromatic ring is 1. The summed E-state index contributed by atoms with van der Waals surface area (Å²) in [5.74, 6) is 0.996. The van der Waals surface area contributed by atoms with Gasteiger partial charge < -0.3 is 10.6 Å². The molecule has 124 valence electrons. The molecule has 0 aliphatic carbocycles. The highest BCUT2D eigenvalue weighted by atomic mass is 15.3. The third-order valence-electron chi connectivity index (χ3n) is 4.26. The first-order valence-corrected chi connectivity index (χ1v) is 8.16. The van der Waals surface area contributed by atoms with Gasteiger partial charge in [-0.3, -0.25) is 0 Å². The highest BCUT2D eigenvalue weighted by Gasteiger charge is 2.13. The van der Waals surface area contributed by atoms with E-state index in [9.17, 15) is 0 Å². The van der Waals surface area contributed by atoms with E-state index in [1.807, 2.05) is 53.3 Å². The molecule has 5 heteroatoms. The van der Waals surface area contributed by atoms with Crippen LogP contribution in [0.2, 0.25) is 0 Å². The smallest absolute Gasteiger partial charge is 0.165 e. The van der Waals surface area contributed by atoms with Gasteiger partial charge >= 0.3 is 0 Å². The lowest BCUT2D eigenvalue weighted by Gasteiger charge is -2.20. The zero-order valence-corrected chi connectivity index (χ0v) is 14.0. The largest absolute Gasteiger partial charge is 0.399 e. The highest BCUT2D eigenvalue weighted by molar-refractivity contribution is 5.78. The molecule has 0 atom stereocenters. The predicted octanol–water partition coefficient (Wildman–Crippen LogP) is 3.61. The predicted molar refractivity (Wildman–Crippen MR) is 101 cm³/mol. The minimum absolute atomic E-state index is 0.747. The molecule has 0 aliphatic heterocycles. The molecular formula is C20H19N5. The first-order chi connectivity index (χ1) is 12.2. The van der Waals surface area contributed by atoms with E-state index in [0.29, 0.717) is 0 Å². The zero-order chi connectivity index (χ0) is 17.2. The van der Waals surface area contributed by atoms with E-state index in [-0.39, 0.29) is 0 Å². The van der Waals surface area contributed by atoms with Gasteiger partial charge in [0.2, 0.25) is 0 Å². The lowest BCUT2D eigenvalue weighted by molar-refractivity contribution is 0.832. The normalized spacial score (nSPS) is 10.9.